The maximum Gasteiger partial charge on any atom is 0.267 e. The van der Waals surface area contributed by atoms with Gasteiger partial charge in [0.05, 0.1) is 11.0 Å². The SMILES string of the molecule is O=C(NCCCN1CCCC1=O)c1cc2ccc3cccnc3c2[nH]1. The first-order valence-corrected chi connectivity index (χ1v) is 8.65. The summed E-state index contributed by atoms with van der Waals surface area (Å²) >= 11 is 0. The van der Waals surface area contributed by atoms with Crippen molar-refractivity contribution in [2.45, 2.75) is 19.3 Å². The molecule has 1 aliphatic rings. The smallest absolute Gasteiger partial charge is 0.267 e. The standard InChI is InChI=1S/C19H20N4O2/c24-16-5-2-10-23(16)11-3-9-21-19(25)15-12-14-7-6-13-4-1-8-20-17(13)18(14)22-15/h1,4,6-8,12,22H,2-3,5,9-11H2,(H,21,25). The lowest BCUT2D eigenvalue weighted by Gasteiger charge is -2.15. The first kappa shape index (κ1) is 15.6. The number of hydrogen-bond donors (Lipinski definition) is 2. The van der Waals surface area contributed by atoms with Gasteiger partial charge in [0.25, 0.3) is 5.91 Å². The number of hydrogen-bond acceptors (Lipinski definition) is 3. The highest BCUT2D eigenvalue weighted by Gasteiger charge is 2.19. The fraction of sp³-hybridized carbons (Fsp3) is 0.316. The first-order chi connectivity index (χ1) is 12.2. The molecule has 2 aromatic heterocycles. The summed E-state index contributed by atoms with van der Waals surface area (Å²) in [5.41, 5.74) is 2.28. The Labute approximate surface area is 145 Å². The number of nitrogens with zero attached hydrogens (tertiary/aromatic N) is 2. The number of pyridine rings is 1. The average Bonchev–Trinajstić information content (AvgIpc) is 3.25. The van der Waals surface area contributed by atoms with Crippen LogP contribution in [-0.2, 0) is 4.79 Å². The highest BCUT2D eigenvalue weighted by atomic mass is 16.2. The fourth-order valence-electron chi connectivity index (χ4n) is 3.37. The molecular formula is C19H20N4O2. The van der Waals surface area contributed by atoms with E-state index in [1.165, 1.54) is 0 Å². The Morgan fingerprint density at radius 2 is 2.16 bits per heavy atom. The minimum atomic E-state index is -0.131. The number of benzene rings is 1. The maximum atomic E-state index is 12.4. The van der Waals surface area contributed by atoms with Crippen LogP contribution in [0.5, 0.6) is 0 Å². The van der Waals surface area contributed by atoms with Crippen LogP contribution in [0.1, 0.15) is 29.8 Å². The molecule has 4 rings (SSSR count). The molecule has 128 valence electrons. The monoisotopic (exact) mass is 336 g/mol. The van der Waals surface area contributed by atoms with Gasteiger partial charge in [-0.05, 0) is 25.0 Å². The number of nitrogens with one attached hydrogen (secondary N) is 2. The minimum absolute atomic E-state index is 0.131. The molecule has 25 heavy (non-hydrogen) atoms. The van der Waals surface area contributed by atoms with Gasteiger partial charge < -0.3 is 15.2 Å². The summed E-state index contributed by atoms with van der Waals surface area (Å²) in [4.78, 5) is 33.4. The molecule has 0 bridgehead atoms. The summed E-state index contributed by atoms with van der Waals surface area (Å²) in [6.07, 6.45) is 4.12. The molecule has 3 aromatic rings. The summed E-state index contributed by atoms with van der Waals surface area (Å²) < 4.78 is 0. The van der Waals surface area contributed by atoms with E-state index < -0.39 is 0 Å². The third-order valence-electron chi connectivity index (χ3n) is 4.67. The number of H-pyrrole nitrogens is 1. The highest BCUT2D eigenvalue weighted by Crippen LogP contribution is 2.23. The molecule has 1 saturated heterocycles. The Balaban J connectivity index is 1.41. The topological polar surface area (TPSA) is 78.1 Å². The Hall–Kier alpha value is -2.89. The molecule has 0 radical (unpaired) electrons. The van der Waals surface area contributed by atoms with Gasteiger partial charge in [-0.15, -0.1) is 0 Å². The third-order valence-corrected chi connectivity index (χ3v) is 4.67. The molecule has 2 N–H and O–H groups in total. The lowest BCUT2D eigenvalue weighted by atomic mass is 10.1. The summed E-state index contributed by atoms with van der Waals surface area (Å²) in [5.74, 6) is 0.0920. The molecule has 6 nitrogen and oxygen atoms in total. The van der Waals surface area contributed by atoms with Crippen LogP contribution in [0.4, 0.5) is 0 Å². The number of aromatic nitrogens is 2. The Morgan fingerprint density at radius 1 is 1.28 bits per heavy atom. The Morgan fingerprint density at radius 3 is 3.00 bits per heavy atom. The second kappa shape index (κ2) is 6.55. The van der Waals surface area contributed by atoms with Crippen LogP contribution in [0.2, 0.25) is 0 Å². The van der Waals surface area contributed by atoms with Gasteiger partial charge in [0.15, 0.2) is 0 Å². The number of carbonyl (C=O) groups is 2. The molecule has 2 amide bonds. The molecule has 0 aliphatic carbocycles. The molecule has 0 unspecified atom stereocenters. The van der Waals surface area contributed by atoms with Gasteiger partial charge in [-0.25, -0.2) is 0 Å². The fourth-order valence-corrected chi connectivity index (χ4v) is 3.37. The van der Waals surface area contributed by atoms with Crippen molar-refractivity contribution in [1.29, 1.82) is 0 Å². The van der Waals surface area contributed by atoms with Gasteiger partial charge in [-0.1, -0.05) is 18.2 Å². The van der Waals surface area contributed by atoms with Crippen LogP contribution < -0.4 is 5.32 Å². The van der Waals surface area contributed by atoms with Crippen molar-refractivity contribution in [3.05, 3.63) is 42.2 Å². The van der Waals surface area contributed by atoms with Crippen molar-refractivity contribution in [2.75, 3.05) is 19.6 Å². The molecule has 0 atom stereocenters. The third kappa shape index (κ3) is 3.07. The van der Waals surface area contributed by atoms with Crippen molar-refractivity contribution in [3.63, 3.8) is 0 Å². The van der Waals surface area contributed by atoms with Crippen molar-refractivity contribution in [2.24, 2.45) is 0 Å². The lowest BCUT2D eigenvalue weighted by Crippen LogP contribution is -2.30. The van der Waals surface area contributed by atoms with Gasteiger partial charge in [-0.3, -0.25) is 14.6 Å². The van der Waals surface area contributed by atoms with E-state index in [-0.39, 0.29) is 11.8 Å². The maximum absolute atomic E-state index is 12.4. The van der Waals surface area contributed by atoms with Gasteiger partial charge in [0.1, 0.15) is 5.69 Å². The molecule has 1 fully saturated rings. The number of carbonyl (C=O) groups excluding carboxylic acids is 2. The predicted octanol–water partition coefficient (Wildman–Crippen LogP) is 2.46. The van der Waals surface area contributed by atoms with Crippen LogP contribution in [-0.4, -0.2) is 46.3 Å². The van der Waals surface area contributed by atoms with Gasteiger partial charge in [0, 0.05) is 43.0 Å². The molecule has 1 aromatic carbocycles. The lowest BCUT2D eigenvalue weighted by molar-refractivity contribution is -0.127. The number of fused-ring (bicyclic) bond motifs is 3. The normalized spacial score (nSPS) is 14.6. The Bertz CT molecular complexity index is 947. The van der Waals surface area contributed by atoms with Crippen molar-refractivity contribution in [1.82, 2.24) is 20.2 Å². The summed E-state index contributed by atoms with van der Waals surface area (Å²) in [7, 11) is 0. The Kier molecular flexibility index (Phi) is 4.09. The summed E-state index contributed by atoms with van der Waals surface area (Å²) in [5, 5.41) is 4.93. The van der Waals surface area contributed by atoms with Gasteiger partial charge >= 0.3 is 0 Å². The van der Waals surface area contributed by atoms with Gasteiger partial charge in [0.2, 0.25) is 5.91 Å². The van der Waals surface area contributed by atoms with E-state index in [0.29, 0.717) is 25.2 Å². The van der Waals surface area contributed by atoms with Crippen LogP contribution in [0.15, 0.2) is 36.5 Å². The molecule has 3 heterocycles. The van der Waals surface area contributed by atoms with Crippen molar-refractivity contribution < 1.29 is 9.59 Å². The average molecular weight is 336 g/mol. The molecule has 0 spiro atoms. The molecule has 1 aliphatic heterocycles. The molecule has 0 saturated carbocycles. The van der Waals surface area contributed by atoms with Crippen LogP contribution in [0.3, 0.4) is 0 Å². The van der Waals surface area contributed by atoms with E-state index in [0.717, 1.165) is 41.2 Å². The second-order valence-corrected chi connectivity index (χ2v) is 6.38. The first-order valence-electron chi connectivity index (χ1n) is 8.65. The zero-order valence-corrected chi connectivity index (χ0v) is 13.9. The summed E-state index contributed by atoms with van der Waals surface area (Å²) in [6.45, 7) is 2.10. The molecular weight excluding hydrogens is 316 g/mol. The number of amides is 2. The number of likely N-dealkylation sites (tertiary alicyclic amines) is 1. The number of rotatable bonds is 5. The van der Waals surface area contributed by atoms with E-state index in [1.54, 1.807) is 6.20 Å². The van der Waals surface area contributed by atoms with Crippen LogP contribution in [0.25, 0.3) is 21.8 Å². The van der Waals surface area contributed by atoms with E-state index in [4.69, 9.17) is 0 Å². The zero-order valence-electron chi connectivity index (χ0n) is 13.9. The largest absolute Gasteiger partial charge is 0.351 e. The van der Waals surface area contributed by atoms with E-state index in [9.17, 15) is 9.59 Å². The van der Waals surface area contributed by atoms with Crippen LogP contribution >= 0.6 is 0 Å². The molecule has 6 heteroatoms. The zero-order chi connectivity index (χ0) is 17.2. The summed E-state index contributed by atoms with van der Waals surface area (Å²) in [6, 6.07) is 9.75. The van der Waals surface area contributed by atoms with Crippen molar-refractivity contribution >= 4 is 33.6 Å². The highest BCUT2D eigenvalue weighted by molar-refractivity contribution is 6.07. The van der Waals surface area contributed by atoms with Crippen molar-refractivity contribution in [3.8, 4) is 0 Å². The van der Waals surface area contributed by atoms with Crippen LogP contribution in [0, 0.1) is 0 Å². The van der Waals surface area contributed by atoms with E-state index in [2.05, 4.69) is 15.3 Å². The predicted molar refractivity (Wildman–Crippen MR) is 96.4 cm³/mol. The van der Waals surface area contributed by atoms with E-state index >= 15 is 0 Å². The number of aromatic amines is 1. The van der Waals surface area contributed by atoms with E-state index in [1.807, 2.05) is 35.2 Å². The van der Waals surface area contributed by atoms with Gasteiger partial charge in [-0.2, -0.15) is 0 Å². The minimum Gasteiger partial charge on any atom is -0.351 e. The quantitative estimate of drug-likeness (QED) is 0.703. The second-order valence-electron chi connectivity index (χ2n) is 6.38.